The predicted molar refractivity (Wildman–Crippen MR) is 158 cm³/mol. The Hall–Kier alpha value is -5.21. The number of pyridine rings is 1. The molecule has 1 aliphatic rings. The van der Waals surface area contributed by atoms with Gasteiger partial charge in [-0.1, -0.05) is 60.5 Å². The summed E-state index contributed by atoms with van der Waals surface area (Å²) in [6.45, 7) is 2.08. The normalized spacial score (nSPS) is 15.3. The molecule has 2 heterocycles. The highest BCUT2D eigenvalue weighted by Gasteiger charge is 2.27. The minimum atomic E-state index is -1.62. The molecule has 3 aromatic carbocycles. The van der Waals surface area contributed by atoms with Crippen LogP contribution in [-0.2, 0) is 0 Å². The molecular formula is C33H28FN7. The number of nitriles is 1. The van der Waals surface area contributed by atoms with Gasteiger partial charge < -0.3 is 10.6 Å². The number of nitrogens with zero attached hydrogens (tertiary/aromatic N) is 5. The average molecular weight is 543 g/mol. The Kier molecular flexibility index (Phi) is 6.72. The van der Waals surface area contributed by atoms with Crippen molar-refractivity contribution >= 4 is 22.3 Å². The Labute approximate surface area is 239 Å². The number of rotatable bonds is 9. The van der Waals surface area contributed by atoms with Crippen LogP contribution in [0.2, 0.25) is 0 Å². The second-order valence-corrected chi connectivity index (χ2v) is 10.1. The molecule has 0 amide bonds. The molecular weight excluding hydrogens is 513 g/mol. The summed E-state index contributed by atoms with van der Waals surface area (Å²) >= 11 is 0. The Balaban J connectivity index is 1.49. The first-order valence-corrected chi connectivity index (χ1v) is 13.5. The van der Waals surface area contributed by atoms with Crippen LogP contribution in [0, 0.1) is 29.5 Å². The van der Waals surface area contributed by atoms with Gasteiger partial charge in [0.1, 0.15) is 17.6 Å². The summed E-state index contributed by atoms with van der Waals surface area (Å²) < 4.78 is 25.3. The van der Waals surface area contributed by atoms with Gasteiger partial charge in [0.05, 0.1) is 48.0 Å². The fourth-order valence-electron chi connectivity index (χ4n) is 4.96. The minimum absolute atomic E-state index is 0.0678. The number of anilines is 2. The molecule has 0 aliphatic heterocycles. The topological polar surface area (TPSA) is 91.5 Å². The highest BCUT2D eigenvalue weighted by Crippen LogP contribution is 2.37. The third-order valence-electron chi connectivity index (χ3n) is 7.27. The van der Waals surface area contributed by atoms with Crippen molar-refractivity contribution < 1.29 is 5.76 Å². The molecule has 1 aliphatic carbocycles. The third kappa shape index (κ3) is 5.33. The third-order valence-corrected chi connectivity index (χ3v) is 7.27. The largest absolute Gasteiger partial charge is 0.377 e. The lowest BCUT2D eigenvalue weighted by Crippen LogP contribution is -2.14. The van der Waals surface area contributed by atoms with Crippen molar-refractivity contribution in [1.82, 2.24) is 20.0 Å². The van der Waals surface area contributed by atoms with Gasteiger partial charge in [0.15, 0.2) is 0 Å². The van der Waals surface area contributed by atoms with E-state index in [2.05, 4.69) is 44.8 Å². The van der Waals surface area contributed by atoms with Gasteiger partial charge in [-0.3, -0.25) is 4.98 Å². The molecule has 0 saturated heterocycles. The van der Waals surface area contributed by atoms with Crippen LogP contribution in [0.15, 0.2) is 79.1 Å². The summed E-state index contributed by atoms with van der Waals surface area (Å²) in [5, 5.41) is 26.1. The fourth-order valence-corrected chi connectivity index (χ4v) is 4.96. The van der Waals surface area contributed by atoms with E-state index in [0.29, 0.717) is 44.7 Å². The van der Waals surface area contributed by atoms with Gasteiger partial charge in [0.25, 0.3) is 0 Å². The molecule has 0 radical (unpaired) electrons. The molecule has 1 fully saturated rings. The molecule has 7 nitrogen and oxygen atoms in total. The van der Waals surface area contributed by atoms with Gasteiger partial charge in [-0.15, -0.1) is 11.5 Å². The number of fused-ring (bicyclic) bond motifs is 1. The van der Waals surface area contributed by atoms with Crippen LogP contribution in [0.4, 0.5) is 15.8 Å². The molecule has 2 unspecified atom stereocenters. The Morgan fingerprint density at radius 1 is 1.10 bits per heavy atom. The molecule has 5 aromatic rings. The van der Waals surface area contributed by atoms with Crippen LogP contribution in [0.5, 0.6) is 0 Å². The highest BCUT2D eigenvalue weighted by molar-refractivity contribution is 5.99. The van der Waals surface area contributed by atoms with E-state index in [4.69, 9.17) is 6.42 Å². The predicted octanol–water partition coefficient (Wildman–Crippen LogP) is 6.92. The number of benzene rings is 3. The molecule has 8 heteroatoms. The summed E-state index contributed by atoms with van der Waals surface area (Å²) in [4.78, 5) is 4.54. The van der Waals surface area contributed by atoms with Gasteiger partial charge in [-0.2, -0.15) is 5.26 Å². The monoisotopic (exact) mass is 542 g/mol. The van der Waals surface area contributed by atoms with Crippen molar-refractivity contribution in [3.8, 4) is 18.4 Å². The van der Waals surface area contributed by atoms with Crippen molar-refractivity contribution in [3.63, 3.8) is 0 Å². The fraction of sp³-hybridized carbons (Fsp3) is 0.212. The van der Waals surface area contributed by atoms with Gasteiger partial charge in [-0.25, -0.2) is 9.07 Å². The molecule has 2 aromatic heterocycles. The highest BCUT2D eigenvalue weighted by atomic mass is 19.1. The lowest BCUT2D eigenvalue weighted by molar-refractivity contribution is 0.610. The first-order chi connectivity index (χ1) is 20.4. The summed E-state index contributed by atoms with van der Waals surface area (Å²) in [5.74, 6) is 2.31. The number of terminal acetylenes is 1. The van der Waals surface area contributed by atoms with E-state index < -0.39 is 11.8 Å². The Morgan fingerprint density at radius 2 is 1.88 bits per heavy atom. The zero-order valence-electron chi connectivity index (χ0n) is 23.5. The molecule has 1 saturated carbocycles. The van der Waals surface area contributed by atoms with Crippen molar-refractivity contribution in [3.05, 3.63) is 113 Å². The smallest absolute Gasteiger partial charge is 0.123 e. The van der Waals surface area contributed by atoms with Gasteiger partial charge >= 0.3 is 0 Å². The zero-order valence-corrected chi connectivity index (χ0v) is 22.5. The molecule has 2 N–H and O–H groups in total. The molecule has 202 valence electrons. The number of aromatic nitrogens is 4. The molecule has 41 heavy (non-hydrogen) atoms. The van der Waals surface area contributed by atoms with Crippen molar-refractivity contribution in [2.75, 3.05) is 10.6 Å². The van der Waals surface area contributed by atoms with E-state index in [1.54, 1.807) is 29.1 Å². The van der Waals surface area contributed by atoms with Crippen molar-refractivity contribution in [2.24, 2.45) is 0 Å². The van der Waals surface area contributed by atoms with Crippen LogP contribution in [0.3, 0.4) is 0 Å². The summed E-state index contributed by atoms with van der Waals surface area (Å²) in [7, 11) is 0. The van der Waals surface area contributed by atoms with E-state index >= 15 is 0 Å². The maximum Gasteiger partial charge on any atom is 0.123 e. The van der Waals surface area contributed by atoms with E-state index in [1.165, 1.54) is 18.3 Å². The van der Waals surface area contributed by atoms with Crippen molar-refractivity contribution in [1.29, 1.82) is 5.26 Å². The molecule has 0 bridgehead atoms. The van der Waals surface area contributed by atoms with Gasteiger partial charge in [-0.05, 0) is 54.7 Å². The van der Waals surface area contributed by atoms with E-state index in [0.717, 1.165) is 24.8 Å². The van der Waals surface area contributed by atoms with Crippen LogP contribution in [0.25, 0.3) is 10.9 Å². The molecule has 2 atom stereocenters. The Bertz CT molecular complexity index is 1840. The Morgan fingerprint density at radius 3 is 2.56 bits per heavy atom. The van der Waals surface area contributed by atoms with Crippen LogP contribution < -0.4 is 10.6 Å². The van der Waals surface area contributed by atoms with E-state index in [9.17, 15) is 11.0 Å². The number of nitrogens with one attached hydrogen (secondary N) is 2. The number of hydrogen-bond donors (Lipinski definition) is 2. The lowest BCUT2D eigenvalue weighted by Gasteiger charge is -2.22. The summed E-state index contributed by atoms with van der Waals surface area (Å²) in [6, 6.07) is 20.2. The van der Waals surface area contributed by atoms with Gasteiger partial charge in [0, 0.05) is 17.3 Å². The standard InChI is InChI=1S/C33H28FN7/c1-3-21-16-26(37-33(23-10-12-25(34)13-11-23)30-20-41(40-39-30)27-14-15-27)17-28-31(21)36-19-24(18-35)32(28)38-29(4-2)22-8-6-5-7-9-22/h1,5-13,16-17,19-20,27,29,33,37H,4,14-15H2,2H3,(H,36,38)/i33D. The zero-order chi connectivity index (χ0) is 29.3. The minimum Gasteiger partial charge on any atom is -0.377 e. The SMILES string of the molecule is [2H]C(Nc1cc(C#C)c2ncc(C#N)c(NC(CC)c3ccccc3)c2c1)(c1ccc(F)cc1)c1cn(C2CC2)nn1. The number of hydrogen-bond acceptors (Lipinski definition) is 6. The summed E-state index contributed by atoms with van der Waals surface area (Å²) in [6.07, 6.45) is 12.0. The van der Waals surface area contributed by atoms with E-state index in [1.807, 2.05) is 36.4 Å². The second kappa shape index (κ2) is 11.1. The lowest BCUT2D eigenvalue weighted by atomic mass is 10.00. The second-order valence-electron chi connectivity index (χ2n) is 10.1. The average Bonchev–Trinajstić information content (AvgIpc) is 3.75. The maximum atomic E-state index is 13.9. The summed E-state index contributed by atoms with van der Waals surface area (Å²) in [5.41, 5.74) is 4.48. The van der Waals surface area contributed by atoms with Crippen LogP contribution in [-0.4, -0.2) is 20.0 Å². The first-order valence-electron chi connectivity index (χ1n) is 14.0. The molecule has 0 spiro atoms. The first kappa shape index (κ1) is 24.8. The van der Waals surface area contributed by atoms with Gasteiger partial charge in [0.2, 0.25) is 0 Å². The van der Waals surface area contributed by atoms with Crippen LogP contribution in [0.1, 0.15) is 73.6 Å². The quantitative estimate of drug-likeness (QED) is 0.197. The van der Waals surface area contributed by atoms with Crippen molar-refractivity contribution in [2.45, 2.75) is 44.3 Å². The number of halogens is 1. The van der Waals surface area contributed by atoms with E-state index in [-0.39, 0.29) is 12.1 Å². The van der Waals surface area contributed by atoms with Crippen LogP contribution >= 0.6 is 0 Å². The molecule has 6 rings (SSSR count). The maximum absolute atomic E-state index is 13.9.